The molecule has 0 aromatic heterocycles. The second kappa shape index (κ2) is 3.95. The Hall–Kier alpha value is -1.79. The molecule has 2 atom stereocenters. The Morgan fingerprint density at radius 2 is 2.21 bits per heavy atom. The number of hydrogen-bond donors (Lipinski definition) is 4. The fourth-order valence-corrected chi connectivity index (χ4v) is 1.30. The van der Waals surface area contributed by atoms with E-state index in [1.807, 2.05) is 6.92 Å². The summed E-state index contributed by atoms with van der Waals surface area (Å²) in [5.74, 6) is -0.488. The second-order valence-electron chi connectivity index (χ2n) is 2.97. The number of nitrogens with one attached hydrogen (secondary N) is 2. The molecule has 7 heteroatoms. The smallest absolute Gasteiger partial charge is 0.322 e. The van der Waals surface area contributed by atoms with Crippen molar-refractivity contribution in [3.8, 4) is 0 Å². The van der Waals surface area contributed by atoms with Crippen LogP contribution in [0.4, 0.5) is 4.79 Å². The Morgan fingerprint density at radius 3 is 2.57 bits per heavy atom. The Labute approximate surface area is 80.9 Å². The number of hydrogen-bond acceptors (Lipinski definition) is 3. The zero-order valence-corrected chi connectivity index (χ0v) is 7.78. The number of nitrogens with zero attached hydrogens (tertiary/aromatic N) is 1. The molecule has 0 aromatic carbocycles. The number of carbonyl (C=O) groups is 2. The average Bonchev–Trinajstić information content (AvgIpc) is 2.41. The number of carbonyl (C=O) groups excluding carboxylic acids is 2. The third kappa shape index (κ3) is 2.12. The van der Waals surface area contributed by atoms with Gasteiger partial charge in [0.1, 0.15) is 6.04 Å². The zero-order valence-electron chi connectivity index (χ0n) is 7.78. The average molecular weight is 199 g/mol. The van der Waals surface area contributed by atoms with Crippen LogP contribution in [-0.4, -0.2) is 30.0 Å². The van der Waals surface area contributed by atoms with E-state index in [1.165, 1.54) is 0 Å². The van der Waals surface area contributed by atoms with Gasteiger partial charge in [0.05, 0.1) is 6.04 Å². The number of urea groups is 1. The van der Waals surface area contributed by atoms with E-state index in [4.69, 9.17) is 11.5 Å². The van der Waals surface area contributed by atoms with Crippen molar-refractivity contribution in [3.63, 3.8) is 0 Å². The molecule has 78 valence electrons. The lowest BCUT2D eigenvalue weighted by atomic mass is 10.1. The van der Waals surface area contributed by atoms with Crippen molar-refractivity contribution in [1.29, 1.82) is 0 Å². The predicted molar refractivity (Wildman–Crippen MR) is 50.4 cm³/mol. The SMILES string of the molecule is CC[C@H](N=C(N)N)C1NC(=O)NC1=O. The van der Waals surface area contributed by atoms with E-state index >= 15 is 0 Å². The summed E-state index contributed by atoms with van der Waals surface area (Å²) in [4.78, 5) is 25.9. The molecule has 1 fully saturated rings. The van der Waals surface area contributed by atoms with Crippen molar-refractivity contribution < 1.29 is 9.59 Å². The van der Waals surface area contributed by atoms with Gasteiger partial charge in [0.2, 0.25) is 0 Å². The fraction of sp³-hybridized carbons (Fsp3) is 0.571. The van der Waals surface area contributed by atoms with Gasteiger partial charge in [0.15, 0.2) is 5.96 Å². The van der Waals surface area contributed by atoms with Crippen molar-refractivity contribution in [2.75, 3.05) is 0 Å². The van der Waals surface area contributed by atoms with Gasteiger partial charge in [-0.15, -0.1) is 0 Å². The van der Waals surface area contributed by atoms with Gasteiger partial charge in [-0.05, 0) is 6.42 Å². The van der Waals surface area contributed by atoms with Crippen LogP contribution in [0.1, 0.15) is 13.3 Å². The number of amides is 3. The third-order valence-electron chi connectivity index (χ3n) is 1.92. The Bertz CT molecular complexity index is 284. The van der Waals surface area contributed by atoms with Crippen LogP contribution in [0.25, 0.3) is 0 Å². The topological polar surface area (TPSA) is 123 Å². The summed E-state index contributed by atoms with van der Waals surface area (Å²) in [6.45, 7) is 1.83. The van der Waals surface area contributed by atoms with Gasteiger partial charge >= 0.3 is 6.03 Å². The molecule has 3 amide bonds. The molecule has 7 nitrogen and oxygen atoms in total. The molecule has 0 aromatic rings. The Kier molecular flexibility index (Phi) is 2.90. The van der Waals surface area contributed by atoms with Crippen LogP contribution in [0, 0.1) is 0 Å². The molecule has 0 spiro atoms. The van der Waals surface area contributed by atoms with E-state index < -0.39 is 24.0 Å². The van der Waals surface area contributed by atoms with Gasteiger partial charge in [0.25, 0.3) is 5.91 Å². The fourth-order valence-electron chi connectivity index (χ4n) is 1.30. The lowest BCUT2D eigenvalue weighted by molar-refractivity contribution is -0.120. The summed E-state index contributed by atoms with van der Waals surface area (Å²) in [6.07, 6.45) is 0.566. The summed E-state index contributed by atoms with van der Waals surface area (Å²) < 4.78 is 0. The number of guanidine groups is 1. The van der Waals surface area contributed by atoms with E-state index in [9.17, 15) is 9.59 Å². The van der Waals surface area contributed by atoms with Crippen molar-refractivity contribution >= 4 is 17.9 Å². The monoisotopic (exact) mass is 199 g/mol. The van der Waals surface area contributed by atoms with Gasteiger partial charge < -0.3 is 16.8 Å². The van der Waals surface area contributed by atoms with Gasteiger partial charge in [0, 0.05) is 0 Å². The van der Waals surface area contributed by atoms with Crippen LogP contribution in [0.2, 0.25) is 0 Å². The molecule has 1 rings (SSSR count). The van der Waals surface area contributed by atoms with E-state index in [1.54, 1.807) is 0 Å². The van der Waals surface area contributed by atoms with Gasteiger partial charge in [-0.3, -0.25) is 10.1 Å². The highest BCUT2D eigenvalue weighted by Crippen LogP contribution is 2.07. The first-order valence-electron chi connectivity index (χ1n) is 4.24. The van der Waals surface area contributed by atoms with E-state index in [-0.39, 0.29) is 5.96 Å². The second-order valence-corrected chi connectivity index (χ2v) is 2.97. The lowest BCUT2D eigenvalue weighted by Crippen LogP contribution is -2.41. The maximum absolute atomic E-state index is 11.2. The van der Waals surface area contributed by atoms with Crippen molar-refractivity contribution in [2.45, 2.75) is 25.4 Å². The number of aliphatic imine (C=N–C) groups is 1. The Morgan fingerprint density at radius 1 is 1.57 bits per heavy atom. The lowest BCUT2D eigenvalue weighted by Gasteiger charge is -2.15. The summed E-state index contributed by atoms with van der Waals surface area (Å²) in [5, 5.41) is 4.56. The molecule has 1 saturated heterocycles. The summed E-state index contributed by atoms with van der Waals surface area (Å²) in [6, 6.07) is -1.59. The van der Waals surface area contributed by atoms with Crippen LogP contribution in [0.5, 0.6) is 0 Å². The molecule has 1 heterocycles. The molecule has 0 bridgehead atoms. The van der Waals surface area contributed by atoms with Crippen molar-refractivity contribution in [1.82, 2.24) is 10.6 Å². The quantitative estimate of drug-likeness (QED) is 0.244. The molecule has 1 aliphatic heterocycles. The van der Waals surface area contributed by atoms with Crippen LogP contribution in [-0.2, 0) is 4.79 Å². The number of rotatable bonds is 3. The number of nitrogens with two attached hydrogens (primary N) is 2. The highest BCUT2D eigenvalue weighted by molar-refractivity contribution is 6.04. The Balaban J connectivity index is 2.75. The molecule has 0 saturated carbocycles. The minimum atomic E-state index is -0.672. The molecule has 0 radical (unpaired) electrons. The third-order valence-corrected chi connectivity index (χ3v) is 1.92. The first-order valence-corrected chi connectivity index (χ1v) is 4.24. The number of imide groups is 1. The van der Waals surface area contributed by atoms with Crippen LogP contribution in [0.3, 0.4) is 0 Å². The molecule has 14 heavy (non-hydrogen) atoms. The van der Waals surface area contributed by atoms with Crippen LogP contribution in [0.15, 0.2) is 4.99 Å². The van der Waals surface area contributed by atoms with Crippen LogP contribution < -0.4 is 22.1 Å². The summed E-state index contributed by atoms with van der Waals surface area (Å²) in [7, 11) is 0. The first kappa shape index (κ1) is 10.3. The van der Waals surface area contributed by atoms with Crippen LogP contribution >= 0.6 is 0 Å². The van der Waals surface area contributed by atoms with E-state index in [2.05, 4.69) is 15.6 Å². The minimum absolute atomic E-state index is 0.0919. The molecule has 1 aliphatic rings. The van der Waals surface area contributed by atoms with Crippen molar-refractivity contribution in [2.24, 2.45) is 16.5 Å². The highest BCUT2D eigenvalue weighted by Gasteiger charge is 2.35. The predicted octanol–water partition coefficient (Wildman–Crippen LogP) is -1.75. The molecular weight excluding hydrogens is 186 g/mol. The van der Waals surface area contributed by atoms with Gasteiger partial charge in [-0.2, -0.15) is 0 Å². The van der Waals surface area contributed by atoms with Gasteiger partial charge in [-0.25, -0.2) is 9.79 Å². The first-order chi connectivity index (χ1) is 6.54. The minimum Gasteiger partial charge on any atom is -0.370 e. The molecular formula is C7H13N5O2. The maximum atomic E-state index is 11.2. The normalized spacial score (nSPS) is 22.5. The largest absolute Gasteiger partial charge is 0.370 e. The van der Waals surface area contributed by atoms with Gasteiger partial charge in [-0.1, -0.05) is 6.92 Å². The standard InChI is InChI=1S/C7H13N5O2/c1-2-3(10-6(8)9)4-5(13)12-7(14)11-4/h3-4H,2H2,1H3,(H4,8,9,10)(H2,11,12,13,14)/t3-,4?/m0/s1. The molecule has 1 unspecified atom stereocenters. The van der Waals surface area contributed by atoms with E-state index in [0.717, 1.165) is 0 Å². The summed E-state index contributed by atoms with van der Waals surface area (Å²) >= 11 is 0. The maximum Gasteiger partial charge on any atom is 0.322 e. The van der Waals surface area contributed by atoms with E-state index in [0.29, 0.717) is 6.42 Å². The molecule has 6 N–H and O–H groups in total. The zero-order chi connectivity index (χ0) is 10.7. The summed E-state index contributed by atoms with van der Waals surface area (Å²) in [5.41, 5.74) is 10.4. The highest BCUT2D eigenvalue weighted by atomic mass is 16.2. The molecule has 0 aliphatic carbocycles. The van der Waals surface area contributed by atoms with Crippen molar-refractivity contribution in [3.05, 3.63) is 0 Å².